The number of aryl methyl sites for hydroxylation is 3. The standard InChI is InChI=1S/C20H28N6O2/c1-14-4-5-17(12-15(14)2)24-20(27)22-7-6-21-19-23-16(3)13-18(25-19)26-8-10-28-11-9-26/h4-5,12-13H,6-11H2,1-3H3,(H,21,23,25)(H2,22,24,27). The normalized spacial score (nSPS) is 13.9. The molecule has 1 aliphatic rings. The smallest absolute Gasteiger partial charge is 0.319 e. The van der Waals surface area contributed by atoms with Crippen LogP contribution in [0.25, 0.3) is 0 Å². The lowest BCUT2D eigenvalue weighted by molar-refractivity contribution is 0.122. The zero-order chi connectivity index (χ0) is 19.9. The van der Waals surface area contributed by atoms with Crippen molar-refractivity contribution in [2.75, 3.05) is 54.9 Å². The first-order chi connectivity index (χ1) is 13.5. The van der Waals surface area contributed by atoms with E-state index in [1.807, 2.05) is 45.0 Å². The number of rotatable bonds is 6. The fourth-order valence-electron chi connectivity index (χ4n) is 2.93. The summed E-state index contributed by atoms with van der Waals surface area (Å²) < 4.78 is 5.39. The summed E-state index contributed by atoms with van der Waals surface area (Å²) in [5, 5.41) is 8.85. The average Bonchev–Trinajstić information content (AvgIpc) is 2.68. The highest BCUT2D eigenvalue weighted by atomic mass is 16.5. The van der Waals surface area contributed by atoms with Gasteiger partial charge in [0, 0.05) is 43.6 Å². The summed E-state index contributed by atoms with van der Waals surface area (Å²) in [5.74, 6) is 1.47. The van der Waals surface area contributed by atoms with Crippen LogP contribution in [0, 0.1) is 20.8 Å². The van der Waals surface area contributed by atoms with Gasteiger partial charge in [0.1, 0.15) is 5.82 Å². The lowest BCUT2D eigenvalue weighted by Gasteiger charge is -2.28. The number of carbonyl (C=O) groups excluding carboxylic acids is 1. The number of urea groups is 1. The molecular formula is C20H28N6O2. The third-order valence-electron chi connectivity index (χ3n) is 4.63. The van der Waals surface area contributed by atoms with Gasteiger partial charge in [0.2, 0.25) is 5.95 Å². The molecular weight excluding hydrogens is 356 g/mol. The topological polar surface area (TPSA) is 91.4 Å². The van der Waals surface area contributed by atoms with Crippen LogP contribution in [0.3, 0.4) is 0 Å². The minimum atomic E-state index is -0.232. The van der Waals surface area contributed by atoms with E-state index in [0.29, 0.717) is 32.3 Å². The van der Waals surface area contributed by atoms with Crippen molar-refractivity contribution in [3.63, 3.8) is 0 Å². The van der Waals surface area contributed by atoms with Gasteiger partial charge in [-0.2, -0.15) is 4.98 Å². The van der Waals surface area contributed by atoms with Gasteiger partial charge in [-0.15, -0.1) is 0 Å². The van der Waals surface area contributed by atoms with E-state index >= 15 is 0 Å². The lowest BCUT2D eigenvalue weighted by atomic mass is 10.1. The fourth-order valence-corrected chi connectivity index (χ4v) is 2.93. The number of nitrogens with one attached hydrogen (secondary N) is 3. The molecule has 150 valence electrons. The number of hydrogen-bond acceptors (Lipinski definition) is 6. The number of morpholine rings is 1. The summed E-state index contributed by atoms with van der Waals surface area (Å²) in [7, 11) is 0. The molecule has 0 saturated carbocycles. The van der Waals surface area contributed by atoms with Crippen molar-refractivity contribution in [3.05, 3.63) is 41.1 Å². The van der Waals surface area contributed by atoms with Crippen molar-refractivity contribution in [1.29, 1.82) is 0 Å². The molecule has 1 aliphatic heterocycles. The number of ether oxygens (including phenoxy) is 1. The summed E-state index contributed by atoms with van der Waals surface area (Å²) in [6, 6.07) is 7.60. The minimum Gasteiger partial charge on any atom is -0.378 e. The average molecular weight is 384 g/mol. The molecule has 8 nitrogen and oxygen atoms in total. The van der Waals surface area contributed by atoms with E-state index in [1.54, 1.807) is 0 Å². The summed E-state index contributed by atoms with van der Waals surface area (Å²) in [4.78, 5) is 23.2. The Kier molecular flexibility index (Phi) is 6.65. The molecule has 28 heavy (non-hydrogen) atoms. The summed E-state index contributed by atoms with van der Waals surface area (Å²) in [6.07, 6.45) is 0. The van der Waals surface area contributed by atoms with Crippen molar-refractivity contribution in [1.82, 2.24) is 15.3 Å². The number of hydrogen-bond donors (Lipinski definition) is 3. The van der Waals surface area contributed by atoms with Gasteiger partial charge in [0.05, 0.1) is 13.2 Å². The van der Waals surface area contributed by atoms with E-state index < -0.39 is 0 Å². The Morgan fingerprint density at radius 2 is 1.86 bits per heavy atom. The van der Waals surface area contributed by atoms with Crippen LogP contribution >= 0.6 is 0 Å². The Labute approximate surface area is 165 Å². The van der Waals surface area contributed by atoms with E-state index in [4.69, 9.17) is 4.74 Å². The molecule has 0 bridgehead atoms. The van der Waals surface area contributed by atoms with E-state index in [2.05, 4.69) is 30.8 Å². The third-order valence-corrected chi connectivity index (χ3v) is 4.63. The number of carbonyl (C=O) groups is 1. The second-order valence-corrected chi connectivity index (χ2v) is 6.90. The second kappa shape index (κ2) is 9.36. The molecule has 3 N–H and O–H groups in total. The Morgan fingerprint density at radius 3 is 2.61 bits per heavy atom. The van der Waals surface area contributed by atoms with Crippen LogP contribution in [0.15, 0.2) is 24.3 Å². The molecule has 2 heterocycles. The van der Waals surface area contributed by atoms with Gasteiger partial charge in [-0.3, -0.25) is 0 Å². The van der Waals surface area contributed by atoms with Crippen molar-refractivity contribution < 1.29 is 9.53 Å². The first-order valence-electron chi connectivity index (χ1n) is 9.55. The molecule has 1 saturated heterocycles. The Bertz CT molecular complexity index is 820. The first-order valence-corrected chi connectivity index (χ1v) is 9.55. The molecule has 2 aromatic rings. The molecule has 3 rings (SSSR count). The van der Waals surface area contributed by atoms with E-state index in [-0.39, 0.29) is 6.03 Å². The predicted octanol–water partition coefficient (Wildman–Crippen LogP) is 2.47. The van der Waals surface area contributed by atoms with Gasteiger partial charge in [-0.25, -0.2) is 9.78 Å². The Hall–Kier alpha value is -2.87. The highest BCUT2D eigenvalue weighted by Crippen LogP contribution is 2.16. The fraction of sp³-hybridized carbons (Fsp3) is 0.450. The zero-order valence-corrected chi connectivity index (χ0v) is 16.7. The van der Waals surface area contributed by atoms with Crippen molar-refractivity contribution in [2.45, 2.75) is 20.8 Å². The van der Waals surface area contributed by atoms with E-state index in [1.165, 1.54) is 5.56 Å². The third kappa shape index (κ3) is 5.56. The molecule has 0 unspecified atom stereocenters. The lowest BCUT2D eigenvalue weighted by Crippen LogP contribution is -2.37. The van der Waals surface area contributed by atoms with Gasteiger partial charge < -0.3 is 25.6 Å². The Morgan fingerprint density at radius 1 is 1.07 bits per heavy atom. The zero-order valence-electron chi connectivity index (χ0n) is 16.7. The van der Waals surface area contributed by atoms with Crippen LogP contribution in [0.1, 0.15) is 16.8 Å². The first kappa shape index (κ1) is 19.9. The number of benzene rings is 1. The van der Waals surface area contributed by atoms with Gasteiger partial charge in [-0.1, -0.05) is 6.07 Å². The van der Waals surface area contributed by atoms with Gasteiger partial charge in [-0.05, 0) is 44.0 Å². The molecule has 1 aromatic carbocycles. The highest BCUT2D eigenvalue weighted by Gasteiger charge is 2.14. The largest absolute Gasteiger partial charge is 0.378 e. The van der Waals surface area contributed by atoms with Crippen LogP contribution in [0.2, 0.25) is 0 Å². The van der Waals surface area contributed by atoms with Crippen LogP contribution in [-0.2, 0) is 4.74 Å². The Balaban J connectivity index is 1.46. The molecule has 0 spiro atoms. The molecule has 8 heteroatoms. The monoisotopic (exact) mass is 384 g/mol. The molecule has 0 aliphatic carbocycles. The molecule has 1 aromatic heterocycles. The van der Waals surface area contributed by atoms with Crippen LogP contribution < -0.4 is 20.9 Å². The molecule has 1 fully saturated rings. The van der Waals surface area contributed by atoms with E-state index in [0.717, 1.165) is 35.9 Å². The van der Waals surface area contributed by atoms with Gasteiger partial charge in [0.25, 0.3) is 0 Å². The SMILES string of the molecule is Cc1cc(N2CCOCC2)nc(NCCNC(=O)Nc2ccc(C)c(C)c2)n1. The summed E-state index contributed by atoms with van der Waals surface area (Å²) >= 11 is 0. The van der Waals surface area contributed by atoms with Gasteiger partial charge >= 0.3 is 6.03 Å². The minimum absolute atomic E-state index is 0.232. The summed E-state index contributed by atoms with van der Waals surface area (Å²) in [5.41, 5.74) is 4.03. The van der Waals surface area contributed by atoms with Gasteiger partial charge in [0.15, 0.2) is 0 Å². The predicted molar refractivity (Wildman–Crippen MR) is 111 cm³/mol. The van der Waals surface area contributed by atoms with Crippen molar-refractivity contribution in [2.24, 2.45) is 0 Å². The highest BCUT2D eigenvalue weighted by molar-refractivity contribution is 5.89. The van der Waals surface area contributed by atoms with Crippen LogP contribution in [0.5, 0.6) is 0 Å². The molecule has 2 amide bonds. The maximum absolute atomic E-state index is 12.0. The number of amides is 2. The maximum atomic E-state index is 12.0. The second-order valence-electron chi connectivity index (χ2n) is 6.90. The van der Waals surface area contributed by atoms with E-state index in [9.17, 15) is 4.79 Å². The molecule has 0 radical (unpaired) electrons. The number of aromatic nitrogens is 2. The maximum Gasteiger partial charge on any atom is 0.319 e. The number of anilines is 3. The van der Waals surface area contributed by atoms with Crippen LogP contribution in [0.4, 0.5) is 22.2 Å². The van der Waals surface area contributed by atoms with Crippen molar-refractivity contribution >= 4 is 23.5 Å². The number of nitrogens with zero attached hydrogens (tertiary/aromatic N) is 3. The quantitative estimate of drug-likeness (QED) is 0.663. The van der Waals surface area contributed by atoms with Crippen molar-refractivity contribution in [3.8, 4) is 0 Å². The van der Waals surface area contributed by atoms with Crippen LogP contribution in [-0.4, -0.2) is 55.4 Å². The summed E-state index contributed by atoms with van der Waals surface area (Å²) in [6.45, 7) is 10.1. The molecule has 0 atom stereocenters.